The molecule has 0 saturated heterocycles. The number of hydrogen-bond donors (Lipinski definition) is 1. The Labute approximate surface area is 122 Å². The van der Waals surface area contributed by atoms with Crippen LogP contribution in [-0.2, 0) is 0 Å². The first-order valence-corrected chi connectivity index (χ1v) is 7.82. The second kappa shape index (κ2) is 6.28. The van der Waals surface area contributed by atoms with Gasteiger partial charge in [0.2, 0.25) is 0 Å². The molecule has 0 spiro atoms. The van der Waals surface area contributed by atoms with E-state index >= 15 is 0 Å². The zero-order chi connectivity index (χ0) is 12.3. The first-order chi connectivity index (χ1) is 8.15. The van der Waals surface area contributed by atoms with Gasteiger partial charge in [-0.25, -0.2) is 0 Å². The lowest BCUT2D eigenvalue weighted by atomic mass is 10.0. The first kappa shape index (κ1) is 13.5. The molecule has 1 fully saturated rings. The Hall–Kier alpha value is 0.0400. The molecule has 2 unspecified atom stereocenters. The monoisotopic (exact) mass is 363 g/mol. The van der Waals surface area contributed by atoms with E-state index < -0.39 is 0 Å². The molecule has 1 aliphatic rings. The fourth-order valence-electron chi connectivity index (χ4n) is 2.46. The van der Waals surface area contributed by atoms with Gasteiger partial charge in [-0.15, -0.1) is 0 Å². The lowest BCUT2D eigenvalue weighted by molar-refractivity contribution is 0.502. The minimum atomic E-state index is 0.634. The van der Waals surface area contributed by atoms with Crippen molar-refractivity contribution in [3.8, 4) is 0 Å². The summed E-state index contributed by atoms with van der Waals surface area (Å²) >= 11 is 8.32. The van der Waals surface area contributed by atoms with E-state index in [-0.39, 0.29) is 0 Å². The minimum absolute atomic E-state index is 0.634. The molecular weight excluding hydrogens is 345 g/mol. The van der Waals surface area contributed by atoms with Gasteiger partial charge in [0.15, 0.2) is 0 Å². The van der Waals surface area contributed by atoms with Crippen LogP contribution in [0.2, 0.25) is 5.02 Å². The van der Waals surface area contributed by atoms with Crippen molar-refractivity contribution in [2.45, 2.75) is 45.1 Å². The van der Waals surface area contributed by atoms with E-state index in [1.165, 1.54) is 41.4 Å². The Kier molecular flexibility index (Phi) is 4.97. The van der Waals surface area contributed by atoms with Gasteiger partial charge in [-0.3, -0.25) is 0 Å². The average molecular weight is 364 g/mol. The third kappa shape index (κ3) is 4.02. The summed E-state index contributed by atoms with van der Waals surface area (Å²) in [7, 11) is 0. The van der Waals surface area contributed by atoms with E-state index in [1.54, 1.807) is 0 Å². The third-order valence-corrected chi connectivity index (χ3v) is 4.68. The molecule has 0 heterocycles. The number of benzene rings is 1. The normalized spacial score (nSPS) is 25.4. The number of rotatable bonds is 2. The van der Waals surface area contributed by atoms with Gasteiger partial charge in [-0.05, 0) is 66.0 Å². The maximum atomic E-state index is 5.97. The predicted molar refractivity (Wildman–Crippen MR) is 83.8 cm³/mol. The highest BCUT2D eigenvalue weighted by molar-refractivity contribution is 14.1. The van der Waals surface area contributed by atoms with E-state index in [9.17, 15) is 0 Å². The highest BCUT2D eigenvalue weighted by Gasteiger charge is 2.16. The standard InChI is InChI=1S/C14H19ClIN/c1-10-3-2-4-12(7-5-10)17-14-8-6-11(15)9-13(14)16/h6,8-10,12,17H,2-5,7H2,1H3. The molecule has 0 aromatic heterocycles. The van der Waals surface area contributed by atoms with Crippen molar-refractivity contribution in [2.24, 2.45) is 5.92 Å². The smallest absolute Gasteiger partial charge is 0.0479 e. The molecule has 17 heavy (non-hydrogen) atoms. The van der Waals surface area contributed by atoms with Crippen LogP contribution in [0.5, 0.6) is 0 Å². The Bertz CT molecular complexity index is 380. The highest BCUT2D eigenvalue weighted by atomic mass is 127. The summed E-state index contributed by atoms with van der Waals surface area (Å²) in [5.41, 5.74) is 1.23. The minimum Gasteiger partial charge on any atom is -0.381 e. The fourth-order valence-corrected chi connectivity index (χ4v) is 3.49. The van der Waals surface area contributed by atoms with Crippen molar-refractivity contribution in [3.05, 3.63) is 26.8 Å². The maximum Gasteiger partial charge on any atom is 0.0479 e. The van der Waals surface area contributed by atoms with Crippen LogP contribution < -0.4 is 5.32 Å². The molecular formula is C14H19ClIN. The molecule has 3 heteroatoms. The van der Waals surface area contributed by atoms with Crippen LogP contribution in [0.4, 0.5) is 5.69 Å². The van der Waals surface area contributed by atoms with Crippen LogP contribution in [0.15, 0.2) is 18.2 Å². The Balaban J connectivity index is 2.00. The fraction of sp³-hybridized carbons (Fsp3) is 0.571. The van der Waals surface area contributed by atoms with Crippen molar-refractivity contribution >= 4 is 39.9 Å². The first-order valence-electron chi connectivity index (χ1n) is 6.37. The van der Waals surface area contributed by atoms with Crippen LogP contribution in [0.25, 0.3) is 0 Å². The van der Waals surface area contributed by atoms with E-state index in [1.807, 2.05) is 12.1 Å². The topological polar surface area (TPSA) is 12.0 Å². The molecule has 94 valence electrons. The third-order valence-electron chi connectivity index (χ3n) is 3.55. The lowest BCUT2D eigenvalue weighted by Gasteiger charge is -2.19. The Morgan fingerprint density at radius 3 is 2.82 bits per heavy atom. The maximum absolute atomic E-state index is 5.97. The largest absolute Gasteiger partial charge is 0.381 e. The van der Waals surface area contributed by atoms with Gasteiger partial charge in [-0.2, -0.15) is 0 Å². The predicted octanol–water partition coefficient (Wildman–Crippen LogP) is 5.33. The molecule has 1 aromatic rings. The van der Waals surface area contributed by atoms with Crippen LogP contribution >= 0.6 is 34.2 Å². The second-order valence-corrected chi connectivity index (χ2v) is 6.68. The van der Waals surface area contributed by atoms with Crippen molar-refractivity contribution in [3.63, 3.8) is 0 Å². The summed E-state index contributed by atoms with van der Waals surface area (Å²) in [4.78, 5) is 0. The van der Waals surface area contributed by atoms with Crippen molar-refractivity contribution in [1.82, 2.24) is 0 Å². The van der Waals surface area contributed by atoms with Gasteiger partial charge in [-0.1, -0.05) is 31.4 Å². The molecule has 0 radical (unpaired) electrons. The van der Waals surface area contributed by atoms with Crippen molar-refractivity contribution in [2.75, 3.05) is 5.32 Å². The van der Waals surface area contributed by atoms with E-state index in [0.717, 1.165) is 10.9 Å². The average Bonchev–Trinajstić information content (AvgIpc) is 2.48. The summed E-state index contributed by atoms with van der Waals surface area (Å²) in [5, 5.41) is 4.49. The molecule has 2 atom stereocenters. The second-order valence-electron chi connectivity index (χ2n) is 5.08. The summed E-state index contributed by atoms with van der Waals surface area (Å²) in [5.74, 6) is 0.895. The number of nitrogens with one attached hydrogen (secondary N) is 1. The molecule has 1 saturated carbocycles. The summed E-state index contributed by atoms with van der Waals surface area (Å²) in [6.45, 7) is 2.37. The Morgan fingerprint density at radius 2 is 2.06 bits per heavy atom. The van der Waals surface area contributed by atoms with E-state index in [0.29, 0.717) is 6.04 Å². The molecule has 1 N–H and O–H groups in total. The van der Waals surface area contributed by atoms with Gasteiger partial charge in [0.25, 0.3) is 0 Å². The highest BCUT2D eigenvalue weighted by Crippen LogP contribution is 2.28. The molecule has 1 nitrogen and oxygen atoms in total. The Morgan fingerprint density at radius 1 is 1.24 bits per heavy atom. The van der Waals surface area contributed by atoms with Gasteiger partial charge < -0.3 is 5.32 Å². The molecule has 2 rings (SSSR count). The van der Waals surface area contributed by atoms with Gasteiger partial charge in [0, 0.05) is 20.3 Å². The molecule has 1 aliphatic carbocycles. The van der Waals surface area contributed by atoms with Crippen molar-refractivity contribution in [1.29, 1.82) is 0 Å². The van der Waals surface area contributed by atoms with Crippen molar-refractivity contribution < 1.29 is 0 Å². The summed E-state index contributed by atoms with van der Waals surface area (Å²) < 4.78 is 1.22. The van der Waals surface area contributed by atoms with E-state index in [2.05, 4.69) is 40.9 Å². The SMILES string of the molecule is CC1CCCC(Nc2ccc(Cl)cc2I)CC1. The zero-order valence-electron chi connectivity index (χ0n) is 10.2. The zero-order valence-corrected chi connectivity index (χ0v) is 13.1. The van der Waals surface area contributed by atoms with Gasteiger partial charge in [0.05, 0.1) is 0 Å². The molecule has 0 bridgehead atoms. The quantitative estimate of drug-likeness (QED) is 0.553. The number of halogens is 2. The number of hydrogen-bond acceptors (Lipinski definition) is 1. The number of anilines is 1. The van der Waals surface area contributed by atoms with Crippen LogP contribution in [0.3, 0.4) is 0 Å². The van der Waals surface area contributed by atoms with Gasteiger partial charge >= 0.3 is 0 Å². The summed E-state index contributed by atoms with van der Waals surface area (Å²) in [6.07, 6.45) is 6.67. The lowest BCUT2D eigenvalue weighted by Crippen LogP contribution is -2.19. The molecule has 0 amide bonds. The van der Waals surface area contributed by atoms with Crippen LogP contribution in [0.1, 0.15) is 39.0 Å². The molecule has 1 aromatic carbocycles. The van der Waals surface area contributed by atoms with E-state index in [4.69, 9.17) is 11.6 Å². The van der Waals surface area contributed by atoms with Crippen LogP contribution in [0, 0.1) is 9.49 Å². The van der Waals surface area contributed by atoms with Gasteiger partial charge in [0.1, 0.15) is 0 Å². The summed E-state index contributed by atoms with van der Waals surface area (Å²) in [6, 6.07) is 6.71. The molecule has 0 aliphatic heterocycles. The van der Waals surface area contributed by atoms with Crippen LogP contribution in [-0.4, -0.2) is 6.04 Å².